The van der Waals surface area contributed by atoms with E-state index in [0.717, 1.165) is 0 Å². The first-order valence-electron chi connectivity index (χ1n) is 5.53. The van der Waals surface area contributed by atoms with E-state index in [0.29, 0.717) is 10.9 Å². The molecule has 4 heteroatoms. The third kappa shape index (κ3) is 3.45. The van der Waals surface area contributed by atoms with Gasteiger partial charge in [-0.15, -0.1) is 0 Å². The summed E-state index contributed by atoms with van der Waals surface area (Å²) in [6.45, 7) is 5.98. The van der Waals surface area contributed by atoms with Crippen LogP contribution < -0.4 is 11.1 Å². The first-order chi connectivity index (χ1) is 6.93. The summed E-state index contributed by atoms with van der Waals surface area (Å²) < 4.78 is 0. The van der Waals surface area contributed by atoms with E-state index in [2.05, 4.69) is 5.32 Å². The third-order valence-corrected chi connectivity index (χ3v) is 3.21. The van der Waals surface area contributed by atoms with Crippen LogP contribution in [-0.2, 0) is 4.79 Å². The summed E-state index contributed by atoms with van der Waals surface area (Å²) >= 11 is 4.92. The zero-order valence-electron chi connectivity index (χ0n) is 9.62. The fourth-order valence-electron chi connectivity index (χ4n) is 1.79. The van der Waals surface area contributed by atoms with E-state index in [1.807, 2.05) is 20.8 Å². The number of thiocarbonyl (C=S) groups is 1. The van der Waals surface area contributed by atoms with Gasteiger partial charge in [0.15, 0.2) is 0 Å². The standard InChI is InChI=1S/C11H20N2OS/c1-6(2)9(10(12)15)11(14)13-7(3)8-4-5-8/h6-9H,4-5H2,1-3H3,(H2,12,15)(H,13,14). The second-order valence-electron chi connectivity index (χ2n) is 4.76. The maximum absolute atomic E-state index is 11.9. The van der Waals surface area contributed by atoms with Gasteiger partial charge in [0.1, 0.15) is 0 Å². The first-order valence-corrected chi connectivity index (χ1v) is 5.94. The van der Waals surface area contributed by atoms with Gasteiger partial charge in [-0.3, -0.25) is 4.79 Å². The van der Waals surface area contributed by atoms with Gasteiger partial charge in [-0.05, 0) is 31.6 Å². The Morgan fingerprint density at radius 1 is 1.40 bits per heavy atom. The minimum absolute atomic E-state index is 0.0168. The van der Waals surface area contributed by atoms with Gasteiger partial charge in [-0.25, -0.2) is 0 Å². The van der Waals surface area contributed by atoms with Crippen molar-refractivity contribution < 1.29 is 4.79 Å². The van der Waals surface area contributed by atoms with E-state index in [1.54, 1.807) is 0 Å². The first kappa shape index (κ1) is 12.4. The number of hydrogen-bond acceptors (Lipinski definition) is 2. The number of rotatable bonds is 5. The topological polar surface area (TPSA) is 55.1 Å². The molecule has 0 saturated heterocycles. The van der Waals surface area contributed by atoms with Crippen molar-refractivity contribution in [1.82, 2.24) is 5.32 Å². The van der Waals surface area contributed by atoms with Crippen LogP contribution in [-0.4, -0.2) is 16.9 Å². The minimum Gasteiger partial charge on any atom is -0.393 e. The fourth-order valence-corrected chi connectivity index (χ4v) is 2.17. The number of carbonyl (C=O) groups excluding carboxylic acids is 1. The van der Waals surface area contributed by atoms with Crippen LogP contribution in [0.15, 0.2) is 0 Å². The van der Waals surface area contributed by atoms with Crippen LogP contribution in [0.25, 0.3) is 0 Å². The van der Waals surface area contributed by atoms with E-state index in [9.17, 15) is 4.79 Å². The van der Waals surface area contributed by atoms with Crippen molar-refractivity contribution >= 4 is 23.1 Å². The number of carbonyl (C=O) groups is 1. The molecule has 15 heavy (non-hydrogen) atoms. The summed E-state index contributed by atoms with van der Waals surface area (Å²) in [5, 5.41) is 3.00. The Hall–Kier alpha value is -0.640. The molecule has 2 atom stereocenters. The maximum atomic E-state index is 11.9. The number of amides is 1. The fraction of sp³-hybridized carbons (Fsp3) is 0.818. The average molecular weight is 228 g/mol. The van der Waals surface area contributed by atoms with Crippen molar-refractivity contribution in [2.45, 2.75) is 39.7 Å². The van der Waals surface area contributed by atoms with Gasteiger partial charge in [0, 0.05) is 6.04 Å². The normalized spacial score (nSPS) is 19.7. The minimum atomic E-state index is -0.332. The highest BCUT2D eigenvalue weighted by Gasteiger charge is 2.32. The lowest BCUT2D eigenvalue weighted by molar-refractivity contribution is -0.124. The van der Waals surface area contributed by atoms with Gasteiger partial charge in [-0.1, -0.05) is 26.1 Å². The molecule has 0 radical (unpaired) electrons. The Balaban J connectivity index is 2.51. The molecule has 1 fully saturated rings. The van der Waals surface area contributed by atoms with Gasteiger partial charge in [0.05, 0.1) is 10.9 Å². The Labute approximate surface area is 96.8 Å². The van der Waals surface area contributed by atoms with Gasteiger partial charge in [0.25, 0.3) is 0 Å². The molecule has 0 aromatic rings. The molecule has 0 bridgehead atoms. The Morgan fingerprint density at radius 3 is 2.27 bits per heavy atom. The highest BCUT2D eigenvalue weighted by atomic mass is 32.1. The van der Waals surface area contributed by atoms with Crippen LogP contribution in [0.1, 0.15) is 33.6 Å². The predicted octanol–water partition coefficient (Wildman–Crippen LogP) is 1.46. The third-order valence-electron chi connectivity index (χ3n) is 2.95. The van der Waals surface area contributed by atoms with E-state index in [4.69, 9.17) is 18.0 Å². The van der Waals surface area contributed by atoms with Crippen LogP contribution in [0, 0.1) is 17.8 Å². The Bertz CT molecular complexity index is 261. The van der Waals surface area contributed by atoms with E-state index >= 15 is 0 Å². The SMILES string of the molecule is CC(C)C(C(=O)NC(C)C1CC1)C(N)=S. The molecule has 1 rings (SSSR count). The lowest BCUT2D eigenvalue weighted by Gasteiger charge is -2.21. The van der Waals surface area contributed by atoms with Crippen LogP contribution in [0.5, 0.6) is 0 Å². The molecule has 86 valence electrons. The molecule has 3 N–H and O–H groups in total. The van der Waals surface area contributed by atoms with Gasteiger partial charge >= 0.3 is 0 Å². The average Bonchev–Trinajstić information content (AvgIpc) is 2.82. The van der Waals surface area contributed by atoms with Crippen LogP contribution in [0.2, 0.25) is 0 Å². The Morgan fingerprint density at radius 2 is 1.93 bits per heavy atom. The lowest BCUT2D eigenvalue weighted by Crippen LogP contribution is -2.44. The molecule has 1 aliphatic rings. The molecule has 0 aromatic carbocycles. The van der Waals surface area contributed by atoms with Crippen molar-refractivity contribution in [1.29, 1.82) is 0 Å². The van der Waals surface area contributed by atoms with E-state index < -0.39 is 0 Å². The molecule has 1 amide bonds. The highest BCUT2D eigenvalue weighted by molar-refractivity contribution is 7.80. The van der Waals surface area contributed by atoms with Crippen LogP contribution >= 0.6 is 12.2 Å². The quantitative estimate of drug-likeness (QED) is 0.700. The summed E-state index contributed by atoms with van der Waals surface area (Å²) in [5.41, 5.74) is 5.58. The molecule has 1 saturated carbocycles. The smallest absolute Gasteiger partial charge is 0.230 e. The van der Waals surface area contributed by atoms with Crippen molar-refractivity contribution in [2.75, 3.05) is 0 Å². The van der Waals surface area contributed by atoms with Gasteiger partial charge < -0.3 is 11.1 Å². The van der Waals surface area contributed by atoms with Crippen molar-refractivity contribution in [2.24, 2.45) is 23.5 Å². The largest absolute Gasteiger partial charge is 0.393 e. The number of nitrogens with one attached hydrogen (secondary N) is 1. The van der Waals surface area contributed by atoms with Gasteiger partial charge in [-0.2, -0.15) is 0 Å². The summed E-state index contributed by atoms with van der Waals surface area (Å²) in [7, 11) is 0. The Kier molecular flexibility index (Phi) is 4.08. The maximum Gasteiger partial charge on any atom is 0.230 e. The molecule has 0 aliphatic heterocycles. The zero-order chi connectivity index (χ0) is 11.6. The predicted molar refractivity (Wildman–Crippen MR) is 65.4 cm³/mol. The van der Waals surface area contributed by atoms with Gasteiger partial charge in [0.2, 0.25) is 5.91 Å². The lowest BCUT2D eigenvalue weighted by atomic mass is 9.94. The monoisotopic (exact) mass is 228 g/mol. The molecule has 0 aromatic heterocycles. The van der Waals surface area contributed by atoms with Crippen LogP contribution in [0.3, 0.4) is 0 Å². The summed E-state index contributed by atoms with van der Waals surface area (Å²) in [6.07, 6.45) is 2.45. The second-order valence-corrected chi connectivity index (χ2v) is 5.23. The van der Waals surface area contributed by atoms with Crippen molar-refractivity contribution in [3.63, 3.8) is 0 Å². The van der Waals surface area contributed by atoms with Crippen molar-refractivity contribution in [3.05, 3.63) is 0 Å². The van der Waals surface area contributed by atoms with Crippen molar-refractivity contribution in [3.8, 4) is 0 Å². The molecule has 2 unspecified atom stereocenters. The molecular formula is C11H20N2OS. The van der Waals surface area contributed by atoms with E-state index in [-0.39, 0.29) is 23.8 Å². The molecular weight excluding hydrogens is 208 g/mol. The molecule has 0 heterocycles. The van der Waals surface area contributed by atoms with E-state index in [1.165, 1.54) is 12.8 Å². The molecule has 3 nitrogen and oxygen atoms in total. The summed E-state index contributed by atoms with van der Waals surface area (Å²) in [4.78, 5) is 12.2. The highest BCUT2D eigenvalue weighted by Crippen LogP contribution is 2.32. The summed E-state index contributed by atoms with van der Waals surface area (Å²) in [5.74, 6) is 0.472. The number of hydrogen-bond donors (Lipinski definition) is 2. The molecule has 1 aliphatic carbocycles. The van der Waals surface area contributed by atoms with Crippen LogP contribution in [0.4, 0.5) is 0 Å². The summed E-state index contributed by atoms with van der Waals surface area (Å²) in [6, 6.07) is 0.257. The molecule has 0 spiro atoms. The second kappa shape index (κ2) is 4.92. The number of nitrogens with two attached hydrogens (primary N) is 1. The zero-order valence-corrected chi connectivity index (χ0v) is 10.4.